The Morgan fingerprint density at radius 2 is 2.12 bits per heavy atom. The molecule has 0 N–H and O–H groups in total. The number of carbonyl (C=O) groups is 1. The third-order valence-corrected chi connectivity index (χ3v) is 4.79. The van der Waals surface area contributed by atoms with Crippen LogP contribution in [0, 0.1) is 12.7 Å². The second-order valence-corrected chi connectivity index (χ2v) is 6.99. The average Bonchev–Trinajstić information content (AvgIpc) is 3.54. The standard InChI is InChI=1S/C21H16FN5O5/c1-12-24-25-20(31-12)18-5-2-13(9-23-18)16-4-3-14(8-17(16)22)27-10-15(32-21(27)28)11-29-19-6-7-30-26-19/h2-9,15H,10-11H2,1H3/t15-/m1/s1. The van der Waals surface area contributed by atoms with Gasteiger partial charge < -0.3 is 18.4 Å². The molecule has 1 atom stereocenters. The lowest BCUT2D eigenvalue weighted by atomic mass is 10.1. The van der Waals surface area contributed by atoms with Gasteiger partial charge in [0.25, 0.3) is 11.8 Å². The van der Waals surface area contributed by atoms with Crippen LogP contribution >= 0.6 is 0 Å². The van der Waals surface area contributed by atoms with Crippen molar-refractivity contribution in [1.82, 2.24) is 20.3 Å². The highest BCUT2D eigenvalue weighted by atomic mass is 19.1. The van der Waals surface area contributed by atoms with Gasteiger partial charge >= 0.3 is 6.09 Å². The number of cyclic esters (lactones) is 1. The molecule has 4 heterocycles. The second-order valence-electron chi connectivity index (χ2n) is 6.99. The summed E-state index contributed by atoms with van der Waals surface area (Å²) in [6.07, 6.45) is 1.80. The number of ether oxygens (including phenoxy) is 2. The van der Waals surface area contributed by atoms with Crippen LogP contribution in [0.4, 0.5) is 14.9 Å². The van der Waals surface area contributed by atoms with Gasteiger partial charge in [0, 0.05) is 30.3 Å². The quantitative estimate of drug-likeness (QED) is 0.446. The predicted molar refractivity (Wildman–Crippen MR) is 107 cm³/mol. The van der Waals surface area contributed by atoms with Crippen LogP contribution in [0.2, 0.25) is 0 Å². The number of halogens is 1. The maximum Gasteiger partial charge on any atom is 0.414 e. The second kappa shape index (κ2) is 8.10. The number of pyridine rings is 1. The predicted octanol–water partition coefficient (Wildman–Crippen LogP) is 3.64. The summed E-state index contributed by atoms with van der Waals surface area (Å²) in [4.78, 5) is 17.9. The average molecular weight is 437 g/mol. The van der Waals surface area contributed by atoms with Crippen molar-refractivity contribution in [3.05, 3.63) is 60.6 Å². The van der Waals surface area contributed by atoms with Gasteiger partial charge in [0.05, 0.1) is 12.2 Å². The molecule has 1 aliphatic rings. The molecule has 1 fully saturated rings. The molecular formula is C21H16FN5O5. The number of aromatic nitrogens is 4. The molecule has 5 rings (SSSR count). The minimum Gasteiger partial charge on any atom is -0.471 e. The number of aryl methyl sites for hydroxylation is 1. The molecule has 11 heteroatoms. The number of anilines is 1. The van der Waals surface area contributed by atoms with Crippen molar-refractivity contribution in [3.63, 3.8) is 0 Å². The van der Waals surface area contributed by atoms with E-state index in [1.54, 1.807) is 37.3 Å². The van der Waals surface area contributed by atoms with Crippen molar-refractivity contribution < 1.29 is 27.6 Å². The van der Waals surface area contributed by atoms with Crippen molar-refractivity contribution in [2.45, 2.75) is 13.0 Å². The minimum atomic E-state index is -0.577. The first-order valence-electron chi connectivity index (χ1n) is 9.64. The fourth-order valence-corrected chi connectivity index (χ4v) is 3.26. The Morgan fingerprint density at radius 3 is 2.81 bits per heavy atom. The van der Waals surface area contributed by atoms with Crippen LogP contribution < -0.4 is 9.64 Å². The molecule has 0 radical (unpaired) electrons. The van der Waals surface area contributed by atoms with E-state index in [-0.39, 0.29) is 13.2 Å². The zero-order valence-corrected chi connectivity index (χ0v) is 16.8. The molecule has 162 valence electrons. The van der Waals surface area contributed by atoms with E-state index in [9.17, 15) is 9.18 Å². The zero-order chi connectivity index (χ0) is 22.1. The Hall–Kier alpha value is -4.28. The zero-order valence-electron chi connectivity index (χ0n) is 16.8. The highest BCUT2D eigenvalue weighted by molar-refractivity contribution is 5.90. The van der Waals surface area contributed by atoms with Gasteiger partial charge in [0.1, 0.15) is 24.4 Å². The molecule has 1 saturated heterocycles. The summed E-state index contributed by atoms with van der Waals surface area (Å²) in [6.45, 7) is 2.01. The summed E-state index contributed by atoms with van der Waals surface area (Å²) in [7, 11) is 0. The Labute approximate surface area is 180 Å². The fraction of sp³-hybridized carbons (Fsp3) is 0.190. The topological polar surface area (TPSA) is 117 Å². The van der Waals surface area contributed by atoms with Gasteiger partial charge in [-0.05, 0) is 29.4 Å². The van der Waals surface area contributed by atoms with Crippen molar-refractivity contribution in [2.24, 2.45) is 0 Å². The van der Waals surface area contributed by atoms with Crippen LogP contribution in [0.5, 0.6) is 5.88 Å². The molecule has 1 aliphatic heterocycles. The molecule has 0 spiro atoms. The van der Waals surface area contributed by atoms with Crippen molar-refractivity contribution >= 4 is 11.8 Å². The number of rotatable bonds is 6. The molecule has 1 aromatic carbocycles. The first-order valence-corrected chi connectivity index (χ1v) is 9.64. The SMILES string of the molecule is Cc1nnc(-c2ccc(-c3ccc(N4C[C@H](COc5ccon5)OC4=O)cc3F)cn2)o1. The molecule has 4 aromatic rings. The minimum absolute atomic E-state index is 0.104. The summed E-state index contributed by atoms with van der Waals surface area (Å²) >= 11 is 0. The van der Waals surface area contributed by atoms with Gasteiger partial charge in [-0.15, -0.1) is 10.2 Å². The van der Waals surface area contributed by atoms with Gasteiger partial charge in [0.2, 0.25) is 5.89 Å². The maximum atomic E-state index is 14.9. The lowest BCUT2D eigenvalue weighted by Gasteiger charge is -2.14. The smallest absolute Gasteiger partial charge is 0.414 e. The van der Waals surface area contributed by atoms with E-state index in [2.05, 4.69) is 24.9 Å². The van der Waals surface area contributed by atoms with E-state index in [4.69, 9.17) is 13.9 Å². The normalized spacial score (nSPS) is 15.8. The van der Waals surface area contributed by atoms with Gasteiger partial charge in [-0.2, -0.15) is 0 Å². The molecule has 0 aliphatic carbocycles. The summed E-state index contributed by atoms with van der Waals surface area (Å²) in [5.41, 5.74) is 1.78. The summed E-state index contributed by atoms with van der Waals surface area (Å²) < 4.78 is 35.6. The molecule has 1 amide bonds. The molecule has 0 unspecified atom stereocenters. The van der Waals surface area contributed by atoms with Crippen LogP contribution in [0.1, 0.15) is 5.89 Å². The van der Waals surface area contributed by atoms with E-state index in [0.717, 1.165) is 0 Å². The lowest BCUT2D eigenvalue weighted by Crippen LogP contribution is -2.26. The summed E-state index contributed by atoms with van der Waals surface area (Å²) in [5, 5.41) is 11.3. The number of carbonyl (C=O) groups excluding carboxylic acids is 1. The first-order chi connectivity index (χ1) is 15.6. The Bertz CT molecular complexity index is 1240. The summed E-state index contributed by atoms with van der Waals surface area (Å²) in [6, 6.07) is 9.45. The van der Waals surface area contributed by atoms with E-state index in [1.807, 2.05) is 0 Å². The van der Waals surface area contributed by atoms with Gasteiger partial charge in [-0.3, -0.25) is 9.88 Å². The van der Waals surface area contributed by atoms with Crippen LogP contribution in [0.25, 0.3) is 22.7 Å². The number of amides is 1. The number of hydrogen-bond donors (Lipinski definition) is 0. The highest BCUT2D eigenvalue weighted by Gasteiger charge is 2.33. The fourth-order valence-electron chi connectivity index (χ4n) is 3.26. The first kappa shape index (κ1) is 19.7. The number of nitrogens with zero attached hydrogens (tertiary/aromatic N) is 5. The van der Waals surface area contributed by atoms with Crippen LogP contribution in [0.3, 0.4) is 0 Å². The third kappa shape index (κ3) is 3.87. The molecule has 3 aromatic heterocycles. The molecule has 32 heavy (non-hydrogen) atoms. The number of benzene rings is 1. The van der Waals surface area contributed by atoms with E-state index in [0.29, 0.717) is 40.2 Å². The maximum absolute atomic E-state index is 14.9. The van der Waals surface area contributed by atoms with Crippen LogP contribution in [-0.4, -0.2) is 45.7 Å². The Morgan fingerprint density at radius 1 is 1.22 bits per heavy atom. The Balaban J connectivity index is 1.29. The monoisotopic (exact) mass is 437 g/mol. The molecule has 10 nitrogen and oxygen atoms in total. The number of hydrogen-bond acceptors (Lipinski definition) is 9. The molecule has 0 saturated carbocycles. The van der Waals surface area contributed by atoms with Gasteiger partial charge in [0.15, 0.2) is 6.10 Å². The van der Waals surface area contributed by atoms with Crippen molar-refractivity contribution in [3.8, 4) is 28.6 Å². The Kier molecular flexibility index (Phi) is 4.98. The summed E-state index contributed by atoms with van der Waals surface area (Å²) in [5.74, 6) is 0.518. The largest absolute Gasteiger partial charge is 0.471 e. The lowest BCUT2D eigenvalue weighted by molar-refractivity contribution is 0.102. The van der Waals surface area contributed by atoms with Crippen molar-refractivity contribution in [2.75, 3.05) is 18.1 Å². The van der Waals surface area contributed by atoms with E-state index >= 15 is 0 Å². The van der Waals surface area contributed by atoms with Gasteiger partial charge in [-0.1, -0.05) is 6.07 Å². The van der Waals surface area contributed by atoms with Crippen molar-refractivity contribution in [1.29, 1.82) is 0 Å². The van der Waals surface area contributed by atoms with E-state index < -0.39 is 18.0 Å². The van der Waals surface area contributed by atoms with Crippen LogP contribution in [-0.2, 0) is 4.74 Å². The van der Waals surface area contributed by atoms with E-state index in [1.165, 1.54) is 23.4 Å². The van der Waals surface area contributed by atoms with Crippen LogP contribution in [0.15, 0.2) is 57.8 Å². The molecule has 0 bridgehead atoms. The van der Waals surface area contributed by atoms with Gasteiger partial charge in [-0.25, -0.2) is 9.18 Å². The molecular weight excluding hydrogens is 421 g/mol. The highest BCUT2D eigenvalue weighted by Crippen LogP contribution is 2.29. The third-order valence-electron chi connectivity index (χ3n) is 4.79.